The molecule has 0 aromatic carbocycles. The number of rotatable bonds is 0. The smallest absolute Gasteiger partial charge is 0.0995 e. The molecule has 0 atom stereocenters. The van der Waals surface area contributed by atoms with Crippen LogP contribution in [-0.2, 0) is 0 Å². The highest BCUT2D eigenvalue weighted by Crippen LogP contribution is 2.10. The third-order valence-corrected chi connectivity index (χ3v) is 0.971. The van der Waals surface area contributed by atoms with Crippen LogP contribution in [0.1, 0.15) is 12.8 Å². The summed E-state index contributed by atoms with van der Waals surface area (Å²) in [7, 11) is 0. The third kappa shape index (κ3) is 0.796. The second-order valence-corrected chi connectivity index (χ2v) is 1.67. The first-order chi connectivity index (χ1) is 3.29. The Bertz CT molecular complexity index is 124. The van der Waals surface area contributed by atoms with Gasteiger partial charge in [-0.25, -0.2) is 4.99 Å². The van der Waals surface area contributed by atoms with Crippen LogP contribution in [0.15, 0.2) is 17.3 Å². The van der Waals surface area contributed by atoms with Crippen molar-refractivity contribution in [3.63, 3.8) is 0 Å². The number of nitrogens with two attached hydrogens (primary N) is 1. The monoisotopic (exact) mass is 96.1 g/mol. The molecule has 0 aromatic heterocycles. The Morgan fingerprint density at radius 3 is 2.43 bits per heavy atom. The van der Waals surface area contributed by atoms with Crippen molar-refractivity contribution in [2.75, 3.05) is 0 Å². The third-order valence-electron chi connectivity index (χ3n) is 0.971. The van der Waals surface area contributed by atoms with Crippen LogP contribution in [0.25, 0.3) is 0 Å². The van der Waals surface area contributed by atoms with E-state index in [0.29, 0.717) is 0 Å². The van der Waals surface area contributed by atoms with Crippen LogP contribution in [0.4, 0.5) is 0 Å². The summed E-state index contributed by atoms with van der Waals surface area (Å²) in [5.41, 5.74) is 6.23. The van der Waals surface area contributed by atoms with E-state index in [-0.39, 0.29) is 0 Å². The molecule has 1 aliphatic rings. The molecule has 1 rings (SSSR count). The molecule has 2 heteroatoms. The highest BCUT2D eigenvalue weighted by atomic mass is 14.9. The van der Waals surface area contributed by atoms with Gasteiger partial charge in [0.25, 0.3) is 0 Å². The summed E-state index contributed by atoms with van der Waals surface area (Å²) >= 11 is 0. The summed E-state index contributed by atoms with van der Waals surface area (Å²) in [6.45, 7) is 3.64. The molecule has 0 amide bonds. The topological polar surface area (TPSA) is 38.4 Å². The second-order valence-electron chi connectivity index (χ2n) is 1.67. The number of allylic oxidation sites excluding steroid dienone is 1. The van der Waals surface area contributed by atoms with E-state index < -0.39 is 0 Å². The molecule has 1 heterocycles. The normalized spacial score (nSPS) is 20.0. The molecule has 2 nitrogen and oxygen atoms in total. The van der Waals surface area contributed by atoms with Crippen molar-refractivity contribution in [2.24, 2.45) is 10.7 Å². The highest BCUT2D eigenvalue weighted by molar-refractivity contribution is 5.83. The molecule has 0 aliphatic carbocycles. The van der Waals surface area contributed by atoms with Gasteiger partial charge in [0.05, 0.1) is 5.84 Å². The second kappa shape index (κ2) is 1.37. The van der Waals surface area contributed by atoms with Crippen molar-refractivity contribution in [3.05, 3.63) is 12.3 Å². The Balaban J connectivity index is 2.67. The van der Waals surface area contributed by atoms with E-state index in [1.54, 1.807) is 0 Å². The van der Waals surface area contributed by atoms with Crippen molar-refractivity contribution in [2.45, 2.75) is 12.8 Å². The van der Waals surface area contributed by atoms with Gasteiger partial charge < -0.3 is 5.73 Å². The molecule has 0 spiro atoms. The van der Waals surface area contributed by atoms with Crippen molar-refractivity contribution in [3.8, 4) is 0 Å². The SMILES string of the molecule is C=C1CCC(N)=N1. The minimum Gasteiger partial charge on any atom is -0.387 e. The first-order valence-corrected chi connectivity index (χ1v) is 2.30. The maximum Gasteiger partial charge on any atom is 0.0995 e. The molecule has 1 aliphatic heterocycles. The predicted molar refractivity (Wildman–Crippen MR) is 30.0 cm³/mol. The molecule has 0 radical (unpaired) electrons. The predicted octanol–water partition coefficient (Wildman–Crippen LogP) is 0.651. The summed E-state index contributed by atoms with van der Waals surface area (Å²) in [5, 5.41) is 0. The van der Waals surface area contributed by atoms with Gasteiger partial charge in [0.2, 0.25) is 0 Å². The molecule has 0 saturated carbocycles. The minimum absolute atomic E-state index is 0.727. The number of nitrogens with zero attached hydrogens (tertiary/aromatic N) is 1. The minimum atomic E-state index is 0.727. The number of hydrogen-bond donors (Lipinski definition) is 1. The number of amidine groups is 1. The fourth-order valence-corrected chi connectivity index (χ4v) is 0.587. The lowest BCUT2D eigenvalue weighted by molar-refractivity contribution is 1.07. The van der Waals surface area contributed by atoms with Gasteiger partial charge in [-0.15, -0.1) is 0 Å². The Labute approximate surface area is 42.7 Å². The van der Waals surface area contributed by atoms with E-state index in [9.17, 15) is 0 Å². The van der Waals surface area contributed by atoms with Gasteiger partial charge in [0.1, 0.15) is 0 Å². The van der Waals surface area contributed by atoms with Crippen LogP contribution in [0.5, 0.6) is 0 Å². The zero-order chi connectivity index (χ0) is 5.28. The van der Waals surface area contributed by atoms with Crippen LogP contribution in [0, 0.1) is 0 Å². The fraction of sp³-hybridized carbons (Fsp3) is 0.400. The Morgan fingerprint density at radius 2 is 2.29 bits per heavy atom. The van der Waals surface area contributed by atoms with Crippen LogP contribution < -0.4 is 5.73 Å². The molecular weight excluding hydrogens is 88.1 g/mol. The van der Waals surface area contributed by atoms with Gasteiger partial charge in [0.15, 0.2) is 0 Å². The zero-order valence-electron chi connectivity index (χ0n) is 4.15. The fourth-order valence-electron chi connectivity index (χ4n) is 0.587. The Morgan fingerprint density at radius 1 is 1.57 bits per heavy atom. The highest BCUT2D eigenvalue weighted by Gasteiger charge is 2.02. The Hall–Kier alpha value is -0.790. The zero-order valence-corrected chi connectivity index (χ0v) is 4.15. The molecule has 38 valence electrons. The lowest BCUT2D eigenvalue weighted by Crippen LogP contribution is -2.05. The summed E-state index contributed by atoms with van der Waals surface area (Å²) in [6, 6.07) is 0. The molecule has 0 fully saturated rings. The quantitative estimate of drug-likeness (QED) is 0.472. The van der Waals surface area contributed by atoms with Crippen LogP contribution in [-0.4, -0.2) is 5.84 Å². The maximum absolute atomic E-state index is 5.31. The molecule has 0 bridgehead atoms. The molecule has 0 saturated heterocycles. The van der Waals surface area contributed by atoms with E-state index in [2.05, 4.69) is 11.6 Å². The van der Waals surface area contributed by atoms with Gasteiger partial charge in [-0.05, 0) is 6.42 Å². The first-order valence-electron chi connectivity index (χ1n) is 2.30. The number of aliphatic imine (C=N–C) groups is 1. The molecular formula is C5H8N2. The van der Waals surface area contributed by atoms with Gasteiger partial charge in [0, 0.05) is 12.1 Å². The Kier molecular flexibility index (Phi) is 0.855. The van der Waals surface area contributed by atoms with Crippen molar-refractivity contribution in [1.29, 1.82) is 0 Å². The van der Waals surface area contributed by atoms with Crippen LogP contribution in [0.3, 0.4) is 0 Å². The summed E-state index contributed by atoms with van der Waals surface area (Å²) < 4.78 is 0. The van der Waals surface area contributed by atoms with E-state index >= 15 is 0 Å². The molecule has 0 unspecified atom stereocenters. The largest absolute Gasteiger partial charge is 0.387 e. The summed E-state index contributed by atoms with van der Waals surface area (Å²) in [5.74, 6) is 0.727. The van der Waals surface area contributed by atoms with E-state index in [0.717, 1.165) is 24.4 Å². The average Bonchev–Trinajstić information content (AvgIpc) is 1.87. The van der Waals surface area contributed by atoms with Crippen LogP contribution >= 0.6 is 0 Å². The first kappa shape index (κ1) is 4.37. The van der Waals surface area contributed by atoms with Crippen LogP contribution in [0.2, 0.25) is 0 Å². The van der Waals surface area contributed by atoms with Crippen molar-refractivity contribution >= 4 is 5.84 Å². The standard InChI is InChI=1S/C5H8N2/c1-4-2-3-5(6)7-4/h1-3H2,(H2,6,7). The van der Waals surface area contributed by atoms with E-state index in [1.165, 1.54) is 0 Å². The van der Waals surface area contributed by atoms with Gasteiger partial charge in [-0.3, -0.25) is 0 Å². The number of hydrogen-bond acceptors (Lipinski definition) is 2. The van der Waals surface area contributed by atoms with Gasteiger partial charge >= 0.3 is 0 Å². The summed E-state index contributed by atoms with van der Waals surface area (Å²) in [6.07, 6.45) is 1.85. The summed E-state index contributed by atoms with van der Waals surface area (Å²) in [4.78, 5) is 3.89. The lowest BCUT2D eigenvalue weighted by Gasteiger charge is -1.77. The maximum atomic E-state index is 5.31. The molecule has 0 aromatic rings. The van der Waals surface area contributed by atoms with Gasteiger partial charge in [-0.2, -0.15) is 0 Å². The van der Waals surface area contributed by atoms with Gasteiger partial charge in [-0.1, -0.05) is 6.58 Å². The molecule has 2 N–H and O–H groups in total. The average molecular weight is 96.1 g/mol. The van der Waals surface area contributed by atoms with Crippen molar-refractivity contribution in [1.82, 2.24) is 0 Å². The van der Waals surface area contributed by atoms with E-state index in [1.807, 2.05) is 0 Å². The van der Waals surface area contributed by atoms with Crippen molar-refractivity contribution < 1.29 is 0 Å². The van der Waals surface area contributed by atoms with E-state index in [4.69, 9.17) is 5.73 Å². The molecule has 7 heavy (non-hydrogen) atoms. The lowest BCUT2D eigenvalue weighted by atomic mass is 10.3.